The molecule has 2 rings (SSSR count). The van der Waals surface area contributed by atoms with Crippen LogP contribution in [0, 0.1) is 13.8 Å². The summed E-state index contributed by atoms with van der Waals surface area (Å²) in [5.74, 6) is -0.487. The van der Waals surface area contributed by atoms with Crippen molar-refractivity contribution in [1.82, 2.24) is 15.1 Å². The number of hydrogen-bond acceptors (Lipinski definition) is 3. The smallest absolute Gasteiger partial charge is 0.406 e. The summed E-state index contributed by atoms with van der Waals surface area (Å²) < 4.78 is 41.9. The lowest BCUT2D eigenvalue weighted by molar-refractivity contribution is -0.274. The van der Waals surface area contributed by atoms with Crippen molar-refractivity contribution in [3.63, 3.8) is 0 Å². The lowest BCUT2D eigenvalue weighted by Crippen LogP contribution is -2.27. The number of hydrogen-bond donors (Lipinski definition) is 1. The molecular weight excluding hydrogens is 335 g/mol. The Morgan fingerprint density at radius 3 is 2.48 bits per heavy atom. The third-order valence-electron chi connectivity index (χ3n) is 3.49. The van der Waals surface area contributed by atoms with E-state index in [0.717, 1.165) is 17.8 Å². The molecule has 0 fully saturated rings. The van der Waals surface area contributed by atoms with Crippen LogP contribution in [0.1, 0.15) is 23.4 Å². The van der Waals surface area contributed by atoms with Gasteiger partial charge in [0.25, 0.3) is 0 Å². The minimum Gasteiger partial charge on any atom is -0.406 e. The molecule has 0 saturated carbocycles. The molecule has 25 heavy (non-hydrogen) atoms. The summed E-state index contributed by atoms with van der Waals surface area (Å²) in [5.41, 5.74) is 2.65. The molecule has 1 amide bonds. The number of nitrogens with zero attached hydrogens (tertiary/aromatic N) is 2. The second-order valence-corrected chi connectivity index (χ2v) is 5.72. The van der Waals surface area contributed by atoms with Gasteiger partial charge in [-0.15, -0.1) is 13.2 Å². The standard InChI is InChI=1S/C17H20F3N3O2/c1-12-10-13(2)23(22-12)9-3-8-21-16(24)11-14-4-6-15(7-5-14)25-17(18,19)20/h4-7,10H,3,8-9,11H2,1-2H3,(H,21,24). The molecule has 1 N–H and O–H groups in total. The zero-order valence-electron chi connectivity index (χ0n) is 14.1. The van der Waals surface area contributed by atoms with E-state index < -0.39 is 6.36 Å². The lowest BCUT2D eigenvalue weighted by atomic mass is 10.1. The third kappa shape index (κ3) is 6.48. The van der Waals surface area contributed by atoms with E-state index in [1.807, 2.05) is 24.6 Å². The summed E-state index contributed by atoms with van der Waals surface area (Å²) >= 11 is 0. The van der Waals surface area contributed by atoms with Crippen LogP contribution in [0.25, 0.3) is 0 Å². The quantitative estimate of drug-likeness (QED) is 0.777. The third-order valence-corrected chi connectivity index (χ3v) is 3.49. The molecule has 0 spiro atoms. The number of rotatable bonds is 7. The largest absolute Gasteiger partial charge is 0.573 e. The first-order chi connectivity index (χ1) is 11.7. The fourth-order valence-corrected chi connectivity index (χ4v) is 2.41. The molecule has 0 bridgehead atoms. The molecule has 0 aliphatic heterocycles. The maximum atomic E-state index is 12.1. The summed E-state index contributed by atoms with van der Waals surface area (Å²) in [7, 11) is 0. The van der Waals surface area contributed by atoms with E-state index in [0.29, 0.717) is 18.7 Å². The van der Waals surface area contributed by atoms with Gasteiger partial charge in [0.1, 0.15) is 5.75 Å². The normalized spacial score (nSPS) is 11.4. The van der Waals surface area contributed by atoms with Gasteiger partial charge in [0.2, 0.25) is 5.91 Å². The lowest BCUT2D eigenvalue weighted by Gasteiger charge is -2.09. The molecule has 5 nitrogen and oxygen atoms in total. The molecule has 1 aromatic heterocycles. The second kappa shape index (κ2) is 8.04. The first-order valence-electron chi connectivity index (χ1n) is 7.85. The SMILES string of the molecule is Cc1cc(C)n(CCCNC(=O)Cc2ccc(OC(F)(F)F)cc2)n1. The molecule has 1 aromatic carbocycles. The summed E-state index contributed by atoms with van der Waals surface area (Å²) in [6.07, 6.45) is -3.87. The number of nitrogens with one attached hydrogen (secondary N) is 1. The van der Waals surface area contributed by atoms with Crippen LogP contribution in [-0.4, -0.2) is 28.6 Å². The van der Waals surface area contributed by atoms with Crippen LogP contribution in [-0.2, 0) is 17.8 Å². The van der Waals surface area contributed by atoms with Gasteiger partial charge >= 0.3 is 6.36 Å². The van der Waals surface area contributed by atoms with Crippen LogP contribution in [0.5, 0.6) is 5.75 Å². The molecule has 0 aliphatic carbocycles. The summed E-state index contributed by atoms with van der Waals surface area (Å²) in [6.45, 7) is 5.12. The Morgan fingerprint density at radius 1 is 1.24 bits per heavy atom. The van der Waals surface area contributed by atoms with Crippen LogP contribution < -0.4 is 10.1 Å². The van der Waals surface area contributed by atoms with Gasteiger partial charge < -0.3 is 10.1 Å². The van der Waals surface area contributed by atoms with E-state index in [1.54, 1.807) is 0 Å². The Morgan fingerprint density at radius 2 is 1.92 bits per heavy atom. The Balaban J connectivity index is 1.72. The van der Waals surface area contributed by atoms with Crippen LogP contribution in [0.2, 0.25) is 0 Å². The van der Waals surface area contributed by atoms with Crippen molar-refractivity contribution in [2.24, 2.45) is 0 Å². The highest BCUT2D eigenvalue weighted by molar-refractivity contribution is 5.78. The van der Waals surface area contributed by atoms with Crippen molar-refractivity contribution in [2.45, 2.75) is 39.6 Å². The number of aryl methyl sites for hydroxylation is 3. The van der Waals surface area contributed by atoms with E-state index in [9.17, 15) is 18.0 Å². The molecule has 1 heterocycles. The molecule has 8 heteroatoms. The Hall–Kier alpha value is -2.51. The predicted molar refractivity (Wildman–Crippen MR) is 86.2 cm³/mol. The molecule has 0 saturated heterocycles. The fourth-order valence-electron chi connectivity index (χ4n) is 2.41. The minimum atomic E-state index is -4.72. The van der Waals surface area contributed by atoms with Crippen molar-refractivity contribution >= 4 is 5.91 Å². The second-order valence-electron chi connectivity index (χ2n) is 5.72. The van der Waals surface area contributed by atoms with Gasteiger partial charge in [-0.2, -0.15) is 5.10 Å². The van der Waals surface area contributed by atoms with Crippen molar-refractivity contribution < 1.29 is 22.7 Å². The molecule has 0 aliphatic rings. The molecule has 136 valence electrons. The molecule has 2 aromatic rings. The monoisotopic (exact) mass is 355 g/mol. The number of benzene rings is 1. The number of carbonyl (C=O) groups is 1. The van der Waals surface area contributed by atoms with Gasteiger partial charge in [0.15, 0.2) is 0 Å². The van der Waals surface area contributed by atoms with Crippen LogP contribution >= 0.6 is 0 Å². The first kappa shape index (κ1) is 18.8. The number of aromatic nitrogens is 2. The van der Waals surface area contributed by atoms with Gasteiger partial charge in [-0.05, 0) is 44.0 Å². The average molecular weight is 355 g/mol. The maximum Gasteiger partial charge on any atom is 0.573 e. The van der Waals surface area contributed by atoms with Crippen molar-refractivity contribution in [1.29, 1.82) is 0 Å². The summed E-state index contributed by atoms with van der Waals surface area (Å²) in [4.78, 5) is 11.9. The van der Waals surface area contributed by atoms with Crippen LogP contribution in [0.4, 0.5) is 13.2 Å². The van der Waals surface area contributed by atoms with E-state index in [-0.39, 0.29) is 18.1 Å². The predicted octanol–water partition coefficient (Wildman–Crippen LogP) is 3.15. The highest BCUT2D eigenvalue weighted by atomic mass is 19.4. The highest BCUT2D eigenvalue weighted by Crippen LogP contribution is 2.22. The van der Waals surface area contributed by atoms with E-state index in [4.69, 9.17) is 0 Å². The van der Waals surface area contributed by atoms with Gasteiger partial charge in [-0.25, -0.2) is 0 Å². The molecule has 0 atom stereocenters. The molecule has 0 radical (unpaired) electrons. The number of ether oxygens (including phenoxy) is 1. The van der Waals surface area contributed by atoms with Crippen molar-refractivity contribution in [2.75, 3.05) is 6.54 Å². The zero-order chi connectivity index (χ0) is 18.4. The fraction of sp³-hybridized carbons (Fsp3) is 0.412. The van der Waals surface area contributed by atoms with Crippen molar-refractivity contribution in [3.8, 4) is 5.75 Å². The van der Waals surface area contributed by atoms with Gasteiger partial charge in [-0.1, -0.05) is 12.1 Å². The number of halogens is 3. The Labute approximate surface area is 143 Å². The zero-order valence-corrected chi connectivity index (χ0v) is 14.1. The van der Waals surface area contributed by atoms with E-state index in [1.165, 1.54) is 24.3 Å². The maximum absolute atomic E-state index is 12.1. The first-order valence-corrected chi connectivity index (χ1v) is 7.85. The Kier molecular flexibility index (Phi) is 6.06. The summed E-state index contributed by atoms with van der Waals surface area (Å²) in [6, 6.07) is 7.26. The van der Waals surface area contributed by atoms with Gasteiger partial charge in [-0.3, -0.25) is 9.48 Å². The number of amides is 1. The molecular formula is C17H20F3N3O2. The highest BCUT2D eigenvalue weighted by Gasteiger charge is 2.30. The average Bonchev–Trinajstić information content (AvgIpc) is 2.82. The topological polar surface area (TPSA) is 56.2 Å². The van der Waals surface area contributed by atoms with Gasteiger partial charge in [0, 0.05) is 18.8 Å². The van der Waals surface area contributed by atoms with E-state index in [2.05, 4.69) is 15.2 Å². The minimum absolute atomic E-state index is 0.103. The number of carbonyl (C=O) groups excluding carboxylic acids is 1. The van der Waals surface area contributed by atoms with Crippen LogP contribution in [0.15, 0.2) is 30.3 Å². The van der Waals surface area contributed by atoms with Crippen LogP contribution in [0.3, 0.4) is 0 Å². The number of alkyl halides is 3. The Bertz CT molecular complexity index is 709. The van der Waals surface area contributed by atoms with E-state index >= 15 is 0 Å². The van der Waals surface area contributed by atoms with Crippen molar-refractivity contribution in [3.05, 3.63) is 47.3 Å². The summed E-state index contributed by atoms with van der Waals surface area (Å²) in [5, 5.41) is 7.13. The molecule has 0 unspecified atom stereocenters. The van der Waals surface area contributed by atoms with Gasteiger partial charge in [0.05, 0.1) is 12.1 Å².